The molecular weight excluding hydrogens is 220 g/mol. The molecule has 1 atom stereocenters. The molecule has 0 spiro atoms. The van der Waals surface area contributed by atoms with E-state index in [1.165, 1.54) is 4.90 Å². The maximum absolute atomic E-state index is 12.3. The molecule has 1 heterocycles. The van der Waals surface area contributed by atoms with Gasteiger partial charge in [0.25, 0.3) is 0 Å². The van der Waals surface area contributed by atoms with E-state index >= 15 is 0 Å². The number of carbonyl (C=O) groups excluding carboxylic acids is 1. The average molecular weight is 242 g/mol. The van der Waals surface area contributed by atoms with Gasteiger partial charge in [-0.1, -0.05) is 0 Å². The zero-order chi connectivity index (χ0) is 13.2. The fourth-order valence-corrected chi connectivity index (χ4v) is 2.14. The number of nitrogens with zero attached hydrogens (tertiary/aromatic N) is 2. The number of hydrogen-bond acceptors (Lipinski definition) is 3. The molecule has 0 radical (unpaired) electrons. The Bertz CT molecular complexity index is 309. The molecule has 1 saturated heterocycles. The Morgan fingerprint density at radius 2 is 2.00 bits per heavy atom. The second-order valence-electron chi connectivity index (χ2n) is 5.74. The topological polar surface area (TPSA) is 60.9 Å². The lowest BCUT2D eigenvalue weighted by atomic mass is 10.0. The summed E-state index contributed by atoms with van der Waals surface area (Å²) >= 11 is 0. The van der Waals surface area contributed by atoms with Gasteiger partial charge >= 0.3 is 5.97 Å². The molecule has 5 nitrogen and oxygen atoms in total. The van der Waals surface area contributed by atoms with E-state index in [4.69, 9.17) is 5.11 Å². The highest BCUT2D eigenvalue weighted by Gasteiger charge is 2.35. The molecule has 1 fully saturated rings. The quantitative estimate of drug-likeness (QED) is 0.789. The zero-order valence-electron chi connectivity index (χ0n) is 11.1. The third-order valence-electron chi connectivity index (χ3n) is 3.11. The van der Waals surface area contributed by atoms with Crippen molar-refractivity contribution in [2.75, 3.05) is 26.7 Å². The van der Waals surface area contributed by atoms with Gasteiger partial charge in [0, 0.05) is 12.1 Å². The predicted molar refractivity (Wildman–Crippen MR) is 64.7 cm³/mol. The highest BCUT2D eigenvalue weighted by atomic mass is 16.4. The van der Waals surface area contributed by atoms with Crippen LogP contribution < -0.4 is 0 Å². The van der Waals surface area contributed by atoms with E-state index in [2.05, 4.69) is 4.90 Å². The largest absolute Gasteiger partial charge is 0.480 e. The molecule has 98 valence electrons. The van der Waals surface area contributed by atoms with Crippen molar-refractivity contribution in [1.29, 1.82) is 0 Å². The summed E-state index contributed by atoms with van der Waals surface area (Å²) < 4.78 is 0. The van der Waals surface area contributed by atoms with Crippen molar-refractivity contribution in [2.45, 2.75) is 32.7 Å². The lowest BCUT2D eigenvalue weighted by Gasteiger charge is -2.36. The Kier molecular flexibility index (Phi) is 4.14. The average Bonchev–Trinajstić information content (AvgIpc) is 2.58. The minimum atomic E-state index is -0.959. The van der Waals surface area contributed by atoms with Gasteiger partial charge in [-0.15, -0.1) is 0 Å². The van der Waals surface area contributed by atoms with Gasteiger partial charge in [-0.25, -0.2) is 0 Å². The standard InChI is InChI=1S/C12H22N2O3/c1-12(2,3)14(8-10(15)16)11(17)9-5-6-13(4)7-9/h9H,5-8H2,1-4H3,(H,15,16). The second-order valence-corrected chi connectivity index (χ2v) is 5.74. The zero-order valence-corrected chi connectivity index (χ0v) is 11.1. The Morgan fingerprint density at radius 3 is 2.35 bits per heavy atom. The Labute approximate surface area is 102 Å². The number of carboxylic acids is 1. The molecule has 0 aromatic heterocycles. The van der Waals surface area contributed by atoms with Crippen molar-refractivity contribution >= 4 is 11.9 Å². The molecule has 1 aliphatic heterocycles. The molecule has 1 aliphatic rings. The molecule has 0 bridgehead atoms. The summed E-state index contributed by atoms with van der Waals surface area (Å²) in [4.78, 5) is 26.7. The molecule has 0 aromatic carbocycles. The monoisotopic (exact) mass is 242 g/mol. The Hall–Kier alpha value is -1.10. The molecule has 0 aliphatic carbocycles. The first-order valence-corrected chi connectivity index (χ1v) is 5.93. The molecule has 17 heavy (non-hydrogen) atoms. The first kappa shape index (κ1) is 14.0. The number of carbonyl (C=O) groups is 2. The highest BCUT2D eigenvalue weighted by Crippen LogP contribution is 2.22. The van der Waals surface area contributed by atoms with E-state index in [-0.39, 0.29) is 18.4 Å². The van der Waals surface area contributed by atoms with Crippen LogP contribution in [-0.2, 0) is 9.59 Å². The first-order valence-electron chi connectivity index (χ1n) is 5.93. The molecule has 1 N–H and O–H groups in total. The Balaban J connectivity index is 2.76. The highest BCUT2D eigenvalue weighted by molar-refractivity contribution is 5.84. The van der Waals surface area contributed by atoms with Gasteiger partial charge in [-0.2, -0.15) is 0 Å². The smallest absolute Gasteiger partial charge is 0.323 e. The third-order valence-corrected chi connectivity index (χ3v) is 3.11. The van der Waals surface area contributed by atoms with Crippen LogP contribution in [-0.4, -0.2) is 59.0 Å². The van der Waals surface area contributed by atoms with Crippen molar-refractivity contribution in [3.63, 3.8) is 0 Å². The summed E-state index contributed by atoms with van der Waals surface area (Å²) in [5.41, 5.74) is -0.448. The number of hydrogen-bond donors (Lipinski definition) is 1. The fourth-order valence-electron chi connectivity index (χ4n) is 2.14. The van der Waals surface area contributed by atoms with Crippen molar-refractivity contribution in [1.82, 2.24) is 9.80 Å². The molecule has 1 amide bonds. The van der Waals surface area contributed by atoms with E-state index in [9.17, 15) is 9.59 Å². The Morgan fingerprint density at radius 1 is 1.41 bits per heavy atom. The minimum absolute atomic E-state index is 0.0377. The second kappa shape index (κ2) is 5.04. The van der Waals surface area contributed by atoms with Crippen LogP contribution in [0.25, 0.3) is 0 Å². The number of likely N-dealkylation sites (tertiary alicyclic amines) is 1. The van der Waals surface area contributed by atoms with E-state index < -0.39 is 11.5 Å². The van der Waals surface area contributed by atoms with Crippen LogP contribution in [0.3, 0.4) is 0 Å². The molecule has 0 saturated carbocycles. The van der Waals surface area contributed by atoms with Crippen LogP contribution in [0.1, 0.15) is 27.2 Å². The number of carboxylic acid groups (broad SMARTS) is 1. The van der Waals surface area contributed by atoms with Crippen molar-refractivity contribution in [3.8, 4) is 0 Å². The lowest BCUT2D eigenvalue weighted by molar-refractivity contribution is -0.150. The molecular formula is C12H22N2O3. The lowest BCUT2D eigenvalue weighted by Crippen LogP contribution is -2.50. The summed E-state index contributed by atoms with van der Waals surface area (Å²) in [6.45, 7) is 7.01. The maximum Gasteiger partial charge on any atom is 0.323 e. The van der Waals surface area contributed by atoms with Crippen LogP contribution in [0.5, 0.6) is 0 Å². The van der Waals surface area contributed by atoms with Crippen LogP contribution in [0.2, 0.25) is 0 Å². The summed E-state index contributed by atoms with van der Waals surface area (Å²) in [6.07, 6.45) is 0.821. The molecule has 0 aromatic rings. The van der Waals surface area contributed by atoms with Crippen molar-refractivity contribution in [3.05, 3.63) is 0 Å². The predicted octanol–water partition coefficient (Wildman–Crippen LogP) is 0.650. The number of amides is 1. The summed E-state index contributed by atoms with van der Waals surface area (Å²) in [5.74, 6) is -1.05. The van der Waals surface area contributed by atoms with Gasteiger partial charge in [-0.05, 0) is 40.8 Å². The van der Waals surface area contributed by atoms with E-state index in [1.807, 2.05) is 27.8 Å². The summed E-state index contributed by atoms with van der Waals surface area (Å²) in [6, 6.07) is 0. The van der Waals surface area contributed by atoms with Gasteiger partial charge in [-0.3, -0.25) is 9.59 Å². The first-order chi connectivity index (χ1) is 7.71. The van der Waals surface area contributed by atoms with Gasteiger partial charge in [0.05, 0.1) is 5.92 Å². The maximum atomic E-state index is 12.3. The number of aliphatic carboxylic acids is 1. The van der Waals surface area contributed by atoms with E-state index in [1.54, 1.807) is 0 Å². The van der Waals surface area contributed by atoms with Crippen LogP contribution in [0.4, 0.5) is 0 Å². The normalized spacial score (nSPS) is 21.5. The van der Waals surface area contributed by atoms with Crippen LogP contribution in [0, 0.1) is 5.92 Å². The van der Waals surface area contributed by atoms with E-state index in [0.717, 1.165) is 19.5 Å². The van der Waals surface area contributed by atoms with E-state index in [0.29, 0.717) is 0 Å². The van der Waals surface area contributed by atoms with Crippen molar-refractivity contribution < 1.29 is 14.7 Å². The molecule has 1 unspecified atom stereocenters. The summed E-state index contributed by atoms with van der Waals surface area (Å²) in [5, 5.41) is 8.89. The van der Waals surface area contributed by atoms with Crippen LogP contribution in [0.15, 0.2) is 0 Å². The van der Waals surface area contributed by atoms with Crippen LogP contribution >= 0.6 is 0 Å². The van der Waals surface area contributed by atoms with Gasteiger partial charge < -0.3 is 14.9 Å². The SMILES string of the molecule is CN1CCC(C(=O)N(CC(=O)O)C(C)(C)C)C1. The molecule has 5 heteroatoms. The fraction of sp³-hybridized carbons (Fsp3) is 0.833. The third kappa shape index (κ3) is 3.70. The van der Waals surface area contributed by atoms with Gasteiger partial charge in [0.2, 0.25) is 5.91 Å². The number of rotatable bonds is 3. The molecule has 1 rings (SSSR count). The van der Waals surface area contributed by atoms with Crippen molar-refractivity contribution in [2.24, 2.45) is 5.92 Å². The summed E-state index contributed by atoms with van der Waals surface area (Å²) in [7, 11) is 1.98. The minimum Gasteiger partial charge on any atom is -0.480 e. The van der Waals surface area contributed by atoms with Gasteiger partial charge in [0.15, 0.2) is 0 Å². The van der Waals surface area contributed by atoms with Gasteiger partial charge in [0.1, 0.15) is 6.54 Å².